The van der Waals surface area contributed by atoms with E-state index in [0.717, 1.165) is 16.7 Å². The van der Waals surface area contributed by atoms with Gasteiger partial charge in [0.1, 0.15) is 11.6 Å². The first-order valence-corrected chi connectivity index (χ1v) is 6.16. The average Bonchev–Trinajstić information content (AvgIpc) is 2.36. The van der Waals surface area contributed by atoms with Gasteiger partial charge in [-0.2, -0.15) is 0 Å². The first-order chi connectivity index (χ1) is 8.97. The van der Waals surface area contributed by atoms with Crippen LogP contribution in [0.5, 0.6) is 0 Å². The van der Waals surface area contributed by atoms with E-state index >= 15 is 0 Å². The van der Waals surface area contributed by atoms with E-state index in [1.165, 1.54) is 24.3 Å². The SMILES string of the molecule is Cc1ccc(F)cc1CC(O)c1cc(F)ccc1C. The lowest BCUT2D eigenvalue weighted by Gasteiger charge is -2.15. The fraction of sp³-hybridized carbons (Fsp3) is 0.250. The van der Waals surface area contributed by atoms with Crippen LogP contribution in [0.4, 0.5) is 8.78 Å². The average molecular weight is 262 g/mol. The third-order valence-corrected chi connectivity index (χ3v) is 3.32. The van der Waals surface area contributed by atoms with Crippen molar-refractivity contribution in [1.29, 1.82) is 0 Å². The van der Waals surface area contributed by atoms with Gasteiger partial charge in [-0.1, -0.05) is 12.1 Å². The van der Waals surface area contributed by atoms with Gasteiger partial charge in [-0.05, 0) is 60.4 Å². The minimum atomic E-state index is -0.837. The van der Waals surface area contributed by atoms with Gasteiger partial charge in [-0.15, -0.1) is 0 Å². The Hall–Kier alpha value is -1.74. The van der Waals surface area contributed by atoms with Gasteiger partial charge in [0.05, 0.1) is 6.10 Å². The summed E-state index contributed by atoms with van der Waals surface area (Å²) in [6, 6.07) is 8.79. The van der Waals surface area contributed by atoms with E-state index < -0.39 is 6.10 Å². The maximum atomic E-state index is 13.2. The van der Waals surface area contributed by atoms with Crippen molar-refractivity contribution in [3.05, 3.63) is 70.3 Å². The summed E-state index contributed by atoms with van der Waals surface area (Å²) in [4.78, 5) is 0. The molecule has 0 saturated carbocycles. The van der Waals surface area contributed by atoms with Gasteiger partial charge in [0.2, 0.25) is 0 Å². The number of aliphatic hydroxyl groups excluding tert-OH is 1. The van der Waals surface area contributed by atoms with Gasteiger partial charge in [0, 0.05) is 6.42 Å². The van der Waals surface area contributed by atoms with Gasteiger partial charge in [-0.3, -0.25) is 0 Å². The highest BCUT2D eigenvalue weighted by Crippen LogP contribution is 2.24. The molecule has 2 aromatic rings. The number of aliphatic hydroxyl groups is 1. The second kappa shape index (κ2) is 5.49. The van der Waals surface area contributed by atoms with Crippen molar-refractivity contribution in [2.45, 2.75) is 26.4 Å². The highest BCUT2D eigenvalue weighted by atomic mass is 19.1. The van der Waals surface area contributed by atoms with E-state index in [0.29, 0.717) is 5.56 Å². The van der Waals surface area contributed by atoms with Crippen molar-refractivity contribution < 1.29 is 13.9 Å². The molecule has 0 spiro atoms. The monoisotopic (exact) mass is 262 g/mol. The van der Waals surface area contributed by atoms with Crippen LogP contribution in [0.2, 0.25) is 0 Å². The summed E-state index contributed by atoms with van der Waals surface area (Å²) in [5.41, 5.74) is 3.01. The Bertz CT molecular complexity index is 593. The van der Waals surface area contributed by atoms with E-state index in [-0.39, 0.29) is 18.1 Å². The summed E-state index contributed by atoms with van der Waals surface area (Å²) in [6.45, 7) is 3.68. The van der Waals surface area contributed by atoms with Crippen molar-refractivity contribution in [3.8, 4) is 0 Å². The lowest BCUT2D eigenvalue weighted by molar-refractivity contribution is 0.177. The van der Waals surface area contributed by atoms with Gasteiger partial charge >= 0.3 is 0 Å². The smallest absolute Gasteiger partial charge is 0.123 e. The highest BCUT2D eigenvalue weighted by molar-refractivity contribution is 5.32. The maximum absolute atomic E-state index is 13.2. The molecular weight excluding hydrogens is 246 g/mol. The molecule has 100 valence electrons. The summed E-state index contributed by atoms with van der Waals surface area (Å²) in [6.07, 6.45) is -0.565. The molecule has 0 aliphatic carbocycles. The number of aryl methyl sites for hydroxylation is 2. The minimum Gasteiger partial charge on any atom is -0.388 e. The zero-order chi connectivity index (χ0) is 14.0. The Kier molecular flexibility index (Phi) is 3.96. The molecule has 1 N–H and O–H groups in total. The maximum Gasteiger partial charge on any atom is 0.123 e. The topological polar surface area (TPSA) is 20.2 Å². The molecule has 0 bridgehead atoms. The molecule has 1 nitrogen and oxygen atoms in total. The summed E-state index contributed by atoms with van der Waals surface area (Å²) in [7, 11) is 0. The number of rotatable bonds is 3. The van der Waals surface area contributed by atoms with Gasteiger partial charge in [0.15, 0.2) is 0 Å². The summed E-state index contributed by atoms with van der Waals surface area (Å²) >= 11 is 0. The third-order valence-electron chi connectivity index (χ3n) is 3.32. The van der Waals surface area contributed by atoms with Crippen LogP contribution >= 0.6 is 0 Å². The predicted molar refractivity (Wildman–Crippen MR) is 70.9 cm³/mol. The van der Waals surface area contributed by atoms with Gasteiger partial charge < -0.3 is 5.11 Å². The number of benzene rings is 2. The molecule has 0 heterocycles. The standard InChI is InChI=1S/C16H16F2O/c1-10-3-5-13(17)7-12(10)8-16(19)15-9-14(18)6-4-11(15)2/h3-7,9,16,19H,8H2,1-2H3. The number of hydrogen-bond donors (Lipinski definition) is 1. The van der Waals surface area contributed by atoms with E-state index in [1.807, 2.05) is 13.8 Å². The first-order valence-electron chi connectivity index (χ1n) is 6.16. The lowest BCUT2D eigenvalue weighted by atomic mass is 9.95. The molecular formula is C16H16F2O. The molecule has 0 fully saturated rings. The van der Waals surface area contributed by atoms with E-state index in [2.05, 4.69) is 0 Å². The van der Waals surface area contributed by atoms with Crippen LogP contribution < -0.4 is 0 Å². The summed E-state index contributed by atoms with van der Waals surface area (Å²) in [5.74, 6) is -0.709. The molecule has 0 saturated heterocycles. The quantitative estimate of drug-likeness (QED) is 0.890. The van der Waals surface area contributed by atoms with Gasteiger partial charge in [0.25, 0.3) is 0 Å². The largest absolute Gasteiger partial charge is 0.388 e. The van der Waals surface area contributed by atoms with Crippen LogP contribution in [0.15, 0.2) is 36.4 Å². The van der Waals surface area contributed by atoms with Crippen LogP contribution in [0.1, 0.15) is 28.4 Å². The molecule has 0 aliphatic heterocycles. The molecule has 0 amide bonds. The molecule has 1 atom stereocenters. The van der Waals surface area contributed by atoms with Crippen LogP contribution in [-0.2, 0) is 6.42 Å². The van der Waals surface area contributed by atoms with Crippen LogP contribution in [0.3, 0.4) is 0 Å². The van der Waals surface area contributed by atoms with Gasteiger partial charge in [-0.25, -0.2) is 8.78 Å². The summed E-state index contributed by atoms with van der Waals surface area (Å²) < 4.78 is 26.4. The van der Waals surface area contributed by atoms with Crippen LogP contribution in [0.25, 0.3) is 0 Å². The Morgan fingerprint density at radius 1 is 0.947 bits per heavy atom. The molecule has 0 aliphatic rings. The van der Waals surface area contributed by atoms with E-state index in [9.17, 15) is 13.9 Å². The normalized spacial score (nSPS) is 12.5. The highest BCUT2D eigenvalue weighted by Gasteiger charge is 2.14. The van der Waals surface area contributed by atoms with Crippen molar-refractivity contribution >= 4 is 0 Å². The van der Waals surface area contributed by atoms with Crippen LogP contribution in [0, 0.1) is 25.5 Å². The fourth-order valence-electron chi connectivity index (χ4n) is 2.15. The lowest BCUT2D eigenvalue weighted by Crippen LogP contribution is -2.06. The van der Waals surface area contributed by atoms with Crippen molar-refractivity contribution in [3.63, 3.8) is 0 Å². The van der Waals surface area contributed by atoms with Crippen molar-refractivity contribution in [2.24, 2.45) is 0 Å². The Morgan fingerprint density at radius 3 is 2.21 bits per heavy atom. The van der Waals surface area contributed by atoms with E-state index in [4.69, 9.17) is 0 Å². The first kappa shape index (κ1) is 13.7. The molecule has 2 aromatic carbocycles. The van der Waals surface area contributed by atoms with Crippen molar-refractivity contribution in [2.75, 3.05) is 0 Å². The molecule has 0 aromatic heterocycles. The molecule has 0 radical (unpaired) electrons. The van der Waals surface area contributed by atoms with Crippen molar-refractivity contribution in [1.82, 2.24) is 0 Å². The fourth-order valence-corrected chi connectivity index (χ4v) is 2.15. The minimum absolute atomic E-state index is 0.272. The second-order valence-corrected chi connectivity index (χ2v) is 4.79. The third kappa shape index (κ3) is 3.18. The Labute approximate surface area is 111 Å². The number of hydrogen-bond acceptors (Lipinski definition) is 1. The second-order valence-electron chi connectivity index (χ2n) is 4.79. The molecule has 1 unspecified atom stereocenters. The molecule has 3 heteroatoms. The molecule has 2 rings (SSSR count). The zero-order valence-corrected chi connectivity index (χ0v) is 11.0. The summed E-state index contributed by atoms with van der Waals surface area (Å²) in [5, 5.41) is 10.2. The molecule has 19 heavy (non-hydrogen) atoms. The Balaban J connectivity index is 2.27. The predicted octanol–water partition coefficient (Wildman–Crippen LogP) is 3.86. The van der Waals surface area contributed by atoms with Crippen LogP contribution in [-0.4, -0.2) is 5.11 Å². The van der Waals surface area contributed by atoms with E-state index in [1.54, 1.807) is 12.1 Å². The number of halogens is 2. The Morgan fingerprint density at radius 2 is 1.53 bits per heavy atom. The zero-order valence-electron chi connectivity index (χ0n) is 11.0.